The van der Waals surface area contributed by atoms with Crippen LogP contribution in [0.25, 0.3) is 0 Å². The van der Waals surface area contributed by atoms with Gasteiger partial charge in [0, 0.05) is 18.5 Å². The molecule has 2 rings (SSSR count). The molecule has 144 valence electrons. The van der Waals surface area contributed by atoms with Gasteiger partial charge in [-0.1, -0.05) is 0 Å². The molecule has 3 N–H and O–H groups in total. The lowest BCUT2D eigenvalue weighted by Crippen LogP contribution is -3.16. The van der Waals surface area contributed by atoms with Crippen LogP contribution in [0.3, 0.4) is 0 Å². The van der Waals surface area contributed by atoms with Crippen LogP contribution in [0.5, 0.6) is 5.75 Å². The number of hydrogen-bond acceptors (Lipinski definition) is 3. The molecule has 1 unspecified atom stereocenters. The van der Waals surface area contributed by atoms with Crippen molar-refractivity contribution in [3.05, 3.63) is 29.8 Å². The summed E-state index contributed by atoms with van der Waals surface area (Å²) in [5.74, 6) is 0.327. The second-order valence-electron chi connectivity index (χ2n) is 6.90. The minimum Gasteiger partial charge on any atom is -0.494 e. The van der Waals surface area contributed by atoms with Crippen molar-refractivity contribution in [1.82, 2.24) is 10.6 Å². The van der Waals surface area contributed by atoms with Crippen LogP contribution in [0.2, 0.25) is 0 Å². The number of carbonyl (C=O) groups is 2. The van der Waals surface area contributed by atoms with E-state index < -0.39 is 0 Å². The SMILES string of the molecule is CCOc1ccc(C(=O)NCC(=O)NCCC[NH+]2CCCC[C@H]2C)cc1. The summed E-state index contributed by atoms with van der Waals surface area (Å²) in [6, 6.07) is 7.62. The Hall–Kier alpha value is -2.08. The third-order valence-corrected chi connectivity index (χ3v) is 4.92. The molecular formula is C20H32N3O3+. The van der Waals surface area contributed by atoms with E-state index in [9.17, 15) is 9.59 Å². The topological polar surface area (TPSA) is 71.9 Å². The van der Waals surface area contributed by atoms with Gasteiger partial charge in [-0.2, -0.15) is 0 Å². The number of nitrogens with one attached hydrogen (secondary N) is 3. The Labute approximate surface area is 156 Å². The number of quaternary nitrogens is 1. The number of amides is 2. The third-order valence-electron chi connectivity index (χ3n) is 4.92. The molecule has 0 aliphatic carbocycles. The summed E-state index contributed by atoms with van der Waals surface area (Å²) in [5, 5.41) is 5.53. The van der Waals surface area contributed by atoms with Crippen LogP contribution in [0.15, 0.2) is 24.3 Å². The van der Waals surface area contributed by atoms with Gasteiger partial charge in [-0.25, -0.2) is 0 Å². The van der Waals surface area contributed by atoms with Gasteiger partial charge in [0.2, 0.25) is 5.91 Å². The van der Waals surface area contributed by atoms with Gasteiger partial charge in [-0.05, 0) is 57.4 Å². The summed E-state index contributed by atoms with van der Waals surface area (Å²) in [6.45, 7) is 7.81. The van der Waals surface area contributed by atoms with Crippen molar-refractivity contribution in [2.45, 2.75) is 45.6 Å². The summed E-state index contributed by atoms with van der Waals surface area (Å²) in [4.78, 5) is 25.6. The maximum atomic E-state index is 12.1. The molecule has 1 aliphatic heterocycles. The standard InChI is InChI=1S/C20H31N3O3/c1-3-26-18-10-8-17(9-11-18)20(25)22-15-19(24)21-12-6-14-23-13-5-4-7-16(23)2/h8-11,16H,3-7,12-15H2,1-2H3,(H,21,24)(H,22,25)/p+1/t16-/m1/s1. The molecule has 1 aromatic rings. The van der Waals surface area contributed by atoms with E-state index in [2.05, 4.69) is 17.6 Å². The first-order chi connectivity index (χ1) is 12.6. The average molecular weight is 362 g/mol. The van der Waals surface area contributed by atoms with Gasteiger partial charge in [0.1, 0.15) is 5.75 Å². The number of rotatable bonds is 9. The molecule has 26 heavy (non-hydrogen) atoms. The van der Waals surface area contributed by atoms with Crippen LogP contribution >= 0.6 is 0 Å². The molecule has 2 atom stereocenters. The highest BCUT2D eigenvalue weighted by Crippen LogP contribution is 2.11. The maximum absolute atomic E-state index is 12.1. The van der Waals surface area contributed by atoms with Crippen LogP contribution in [-0.4, -0.2) is 50.6 Å². The van der Waals surface area contributed by atoms with E-state index in [0.717, 1.165) is 24.8 Å². The number of benzene rings is 1. The Bertz CT molecular complexity index is 574. The number of ether oxygens (including phenoxy) is 1. The molecule has 1 heterocycles. The zero-order valence-electron chi connectivity index (χ0n) is 16.0. The smallest absolute Gasteiger partial charge is 0.251 e. The minimum atomic E-state index is -0.255. The monoisotopic (exact) mass is 362 g/mol. The summed E-state index contributed by atoms with van der Waals surface area (Å²) in [5.41, 5.74) is 0.518. The van der Waals surface area contributed by atoms with Crippen molar-refractivity contribution in [2.24, 2.45) is 0 Å². The van der Waals surface area contributed by atoms with E-state index in [4.69, 9.17) is 4.74 Å². The highest BCUT2D eigenvalue weighted by atomic mass is 16.5. The molecule has 1 aromatic carbocycles. The highest BCUT2D eigenvalue weighted by molar-refractivity contribution is 5.96. The lowest BCUT2D eigenvalue weighted by Gasteiger charge is -2.30. The Balaban J connectivity index is 1.61. The molecule has 1 fully saturated rings. The Morgan fingerprint density at radius 1 is 1.19 bits per heavy atom. The van der Waals surface area contributed by atoms with E-state index in [0.29, 0.717) is 18.7 Å². The molecule has 0 bridgehead atoms. The first-order valence-corrected chi connectivity index (χ1v) is 9.72. The number of likely N-dealkylation sites (tertiary alicyclic amines) is 1. The van der Waals surface area contributed by atoms with Crippen molar-refractivity contribution in [3.8, 4) is 5.75 Å². The first-order valence-electron chi connectivity index (χ1n) is 9.72. The fraction of sp³-hybridized carbons (Fsp3) is 0.600. The molecular weight excluding hydrogens is 330 g/mol. The summed E-state index contributed by atoms with van der Waals surface area (Å²) >= 11 is 0. The lowest BCUT2D eigenvalue weighted by molar-refractivity contribution is -0.928. The number of carbonyl (C=O) groups excluding carboxylic acids is 2. The van der Waals surface area contributed by atoms with Gasteiger partial charge in [0.25, 0.3) is 5.91 Å². The van der Waals surface area contributed by atoms with Gasteiger partial charge >= 0.3 is 0 Å². The van der Waals surface area contributed by atoms with Crippen LogP contribution in [-0.2, 0) is 4.79 Å². The van der Waals surface area contributed by atoms with Crippen molar-refractivity contribution in [1.29, 1.82) is 0 Å². The molecule has 6 heteroatoms. The summed E-state index contributed by atoms with van der Waals surface area (Å²) in [7, 11) is 0. The molecule has 1 aliphatic rings. The maximum Gasteiger partial charge on any atom is 0.251 e. The Morgan fingerprint density at radius 3 is 2.65 bits per heavy atom. The molecule has 6 nitrogen and oxygen atoms in total. The zero-order valence-corrected chi connectivity index (χ0v) is 16.0. The molecule has 0 radical (unpaired) electrons. The molecule has 0 saturated carbocycles. The zero-order chi connectivity index (χ0) is 18.8. The normalized spacial score (nSPS) is 19.6. The van der Waals surface area contributed by atoms with Crippen LogP contribution < -0.4 is 20.3 Å². The largest absolute Gasteiger partial charge is 0.494 e. The quantitative estimate of drug-likeness (QED) is 0.569. The molecule has 1 saturated heterocycles. The van der Waals surface area contributed by atoms with E-state index >= 15 is 0 Å². The third kappa shape index (κ3) is 6.67. The second kappa shape index (κ2) is 10.8. The van der Waals surface area contributed by atoms with Crippen LogP contribution in [0, 0.1) is 0 Å². The van der Waals surface area contributed by atoms with E-state index in [1.807, 2.05) is 6.92 Å². The van der Waals surface area contributed by atoms with Gasteiger partial charge in [-0.3, -0.25) is 9.59 Å². The van der Waals surface area contributed by atoms with Gasteiger partial charge in [-0.15, -0.1) is 0 Å². The van der Waals surface area contributed by atoms with Crippen LogP contribution in [0.4, 0.5) is 0 Å². The fourth-order valence-electron chi connectivity index (χ4n) is 3.36. The van der Waals surface area contributed by atoms with Crippen molar-refractivity contribution in [3.63, 3.8) is 0 Å². The van der Waals surface area contributed by atoms with E-state index in [-0.39, 0.29) is 18.4 Å². The lowest BCUT2D eigenvalue weighted by atomic mass is 10.0. The fourth-order valence-corrected chi connectivity index (χ4v) is 3.36. The number of piperidine rings is 1. The van der Waals surface area contributed by atoms with Crippen LogP contribution in [0.1, 0.15) is 49.9 Å². The second-order valence-corrected chi connectivity index (χ2v) is 6.90. The Kier molecular flexibility index (Phi) is 8.41. The minimum absolute atomic E-state index is 0.000973. The van der Waals surface area contributed by atoms with E-state index in [1.54, 1.807) is 29.2 Å². The average Bonchev–Trinajstić information content (AvgIpc) is 2.65. The van der Waals surface area contributed by atoms with E-state index in [1.165, 1.54) is 25.8 Å². The predicted molar refractivity (Wildman–Crippen MR) is 102 cm³/mol. The van der Waals surface area contributed by atoms with Crippen molar-refractivity contribution in [2.75, 3.05) is 32.8 Å². The van der Waals surface area contributed by atoms with Gasteiger partial charge in [0.05, 0.1) is 32.3 Å². The molecule has 0 aromatic heterocycles. The first kappa shape index (κ1) is 20.2. The Morgan fingerprint density at radius 2 is 1.96 bits per heavy atom. The highest BCUT2D eigenvalue weighted by Gasteiger charge is 2.20. The molecule has 0 spiro atoms. The van der Waals surface area contributed by atoms with Crippen molar-refractivity contribution >= 4 is 11.8 Å². The van der Waals surface area contributed by atoms with Crippen molar-refractivity contribution < 1.29 is 19.2 Å². The predicted octanol–water partition coefficient (Wildman–Crippen LogP) is 0.779. The van der Waals surface area contributed by atoms with Gasteiger partial charge < -0.3 is 20.3 Å². The van der Waals surface area contributed by atoms with Gasteiger partial charge in [0.15, 0.2) is 0 Å². The summed E-state index contributed by atoms with van der Waals surface area (Å²) < 4.78 is 5.35. The molecule has 2 amide bonds. The number of hydrogen-bond donors (Lipinski definition) is 3. The summed E-state index contributed by atoms with van der Waals surface area (Å²) in [6.07, 6.45) is 4.93.